The van der Waals surface area contributed by atoms with Crippen molar-refractivity contribution in [2.45, 2.75) is 19.6 Å². The van der Waals surface area contributed by atoms with E-state index in [2.05, 4.69) is 6.58 Å². The van der Waals surface area contributed by atoms with Gasteiger partial charge in [0.25, 0.3) is 0 Å². The highest BCUT2D eigenvalue weighted by Gasteiger charge is 2.00. The summed E-state index contributed by atoms with van der Waals surface area (Å²) >= 11 is 0. The first kappa shape index (κ1) is 19.3. The summed E-state index contributed by atoms with van der Waals surface area (Å²) < 4.78 is 13.7. The molecule has 14 heavy (non-hydrogen) atoms. The van der Waals surface area contributed by atoms with Crippen LogP contribution in [0.2, 0.25) is 0 Å². The number of ether oxygens (including phenoxy) is 1. The van der Waals surface area contributed by atoms with Crippen molar-refractivity contribution in [1.82, 2.24) is 6.15 Å². The first-order valence-corrected chi connectivity index (χ1v) is 5.06. The van der Waals surface area contributed by atoms with Crippen LogP contribution >= 0.6 is 7.82 Å². The van der Waals surface area contributed by atoms with Crippen molar-refractivity contribution in [3.63, 3.8) is 0 Å². The van der Waals surface area contributed by atoms with Crippen molar-refractivity contribution in [3.8, 4) is 0 Å². The zero-order chi connectivity index (χ0) is 10.9. The lowest BCUT2D eigenvalue weighted by Crippen LogP contribution is -2.09. The van der Waals surface area contributed by atoms with Crippen molar-refractivity contribution in [3.05, 3.63) is 12.7 Å². The molecular formula is C6H18NO6P. The van der Waals surface area contributed by atoms with Crippen molar-refractivity contribution in [2.75, 3.05) is 6.61 Å². The van der Waals surface area contributed by atoms with Gasteiger partial charge in [0.1, 0.15) is 0 Å². The second-order valence-electron chi connectivity index (χ2n) is 2.00. The molecule has 0 aromatic heterocycles. The van der Waals surface area contributed by atoms with Gasteiger partial charge in [0.2, 0.25) is 0 Å². The molecule has 8 heteroatoms. The maximum absolute atomic E-state index is 8.88. The van der Waals surface area contributed by atoms with E-state index in [1.165, 1.54) is 0 Å². The summed E-state index contributed by atoms with van der Waals surface area (Å²) in [6, 6.07) is 0. The van der Waals surface area contributed by atoms with Crippen LogP contribution in [0.4, 0.5) is 0 Å². The first-order valence-electron chi connectivity index (χ1n) is 3.50. The van der Waals surface area contributed by atoms with Gasteiger partial charge in [0, 0.05) is 0 Å². The van der Waals surface area contributed by atoms with Gasteiger partial charge in [-0.1, -0.05) is 13.0 Å². The lowest BCUT2D eigenvalue weighted by Gasteiger charge is -2.05. The molecule has 0 rings (SSSR count). The Labute approximate surface area is 82.9 Å². The number of hydrogen-bond donors (Lipinski definition) is 5. The van der Waals surface area contributed by atoms with Gasteiger partial charge in [0.05, 0.1) is 6.61 Å². The minimum atomic E-state index is -4.64. The first-order chi connectivity index (χ1) is 5.81. The van der Waals surface area contributed by atoms with E-state index in [9.17, 15) is 0 Å². The van der Waals surface area contributed by atoms with E-state index in [1.54, 1.807) is 6.08 Å². The fourth-order valence-corrected chi connectivity index (χ4v) is 0.297. The molecule has 0 saturated heterocycles. The average Bonchev–Trinajstić information content (AvgIpc) is 1.97. The molecule has 0 aliphatic rings. The topological polar surface area (TPSA) is 142 Å². The summed E-state index contributed by atoms with van der Waals surface area (Å²) in [6.45, 7) is 5.71. The molecule has 0 radical (unpaired) electrons. The molecule has 0 bridgehead atoms. The normalized spacial score (nSPS) is 11.8. The van der Waals surface area contributed by atoms with Crippen molar-refractivity contribution in [2.24, 2.45) is 0 Å². The van der Waals surface area contributed by atoms with Crippen LogP contribution in [0.1, 0.15) is 13.3 Å². The van der Waals surface area contributed by atoms with Crippen LogP contribution in [0, 0.1) is 0 Å². The predicted octanol–water partition coefficient (Wildman–Crippen LogP) is 0.151. The molecular weight excluding hydrogens is 213 g/mol. The Morgan fingerprint density at radius 3 is 2.07 bits per heavy atom. The van der Waals surface area contributed by atoms with Gasteiger partial charge >= 0.3 is 7.82 Å². The Morgan fingerprint density at radius 2 is 1.86 bits per heavy atom. The van der Waals surface area contributed by atoms with Crippen LogP contribution in [-0.4, -0.2) is 32.7 Å². The standard InChI is InChI=1S/C6H12O2.H3N.H3O4P/c1-3-5-8-6(7)4-2;;1-5(2,3)4/h3,6-7H,1,4-5H2,2H3;1H3;(H3,1,2,3,4). The second-order valence-corrected chi connectivity index (χ2v) is 3.02. The van der Waals surface area contributed by atoms with Crippen molar-refractivity contribution < 1.29 is 29.1 Å². The van der Waals surface area contributed by atoms with E-state index in [4.69, 9.17) is 29.1 Å². The smallest absolute Gasteiger partial charge is 0.368 e. The van der Waals surface area contributed by atoms with E-state index in [1.807, 2.05) is 6.92 Å². The summed E-state index contributed by atoms with van der Waals surface area (Å²) in [5, 5.41) is 8.72. The predicted molar refractivity (Wildman–Crippen MR) is 51.7 cm³/mol. The Hall–Kier alpha value is -0.270. The lowest BCUT2D eigenvalue weighted by atomic mass is 10.5. The summed E-state index contributed by atoms with van der Waals surface area (Å²) in [5.74, 6) is 0. The van der Waals surface area contributed by atoms with Crippen molar-refractivity contribution >= 4 is 7.82 Å². The fourth-order valence-electron chi connectivity index (χ4n) is 0.297. The quantitative estimate of drug-likeness (QED) is 0.263. The SMILES string of the molecule is C=CCOC(O)CC.N.O=P(O)(O)O. The molecule has 7 N–H and O–H groups in total. The molecule has 0 aromatic carbocycles. The Bertz CT molecular complexity index is 161. The number of aliphatic hydroxyl groups is 1. The molecule has 7 nitrogen and oxygen atoms in total. The third-order valence-corrected chi connectivity index (χ3v) is 0.756. The van der Waals surface area contributed by atoms with Gasteiger partial charge in [-0.2, -0.15) is 0 Å². The minimum Gasteiger partial charge on any atom is -0.368 e. The zero-order valence-electron chi connectivity index (χ0n) is 8.04. The summed E-state index contributed by atoms with van der Waals surface area (Å²) in [5.41, 5.74) is 0. The van der Waals surface area contributed by atoms with E-state index in [-0.39, 0.29) is 6.15 Å². The molecule has 0 aliphatic heterocycles. The Morgan fingerprint density at radius 1 is 1.50 bits per heavy atom. The van der Waals surface area contributed by atoms with Gasteiger partial charge in [-0.05, 0) is 6.42 Å². The molecule has 1 unspecified atom stereocenters. The van der Waals surface area contributed by atoms with Crippen LogP contribution in [-0.2, 0) is 9.30 Å². The third kappa shape index (κ3) is 41.1. The number of phosphoric acid groups is 1. The zero-order valence-corrected chi connectivity index (χ0v) is 8.93. The lowest BCUT2D eigenvalue weighted by molar-refractivity contribution is -0.0896. The van der Waals surface area contributed by atoms with Gasteiger partial charge in [-0.25, -0.2) is 4.57 Å². The van der Waals surface area contributed by atoms with E-state index < -0.39 is 14.1 Å². The Balaban J connectivity index is -0.000000177. The van der Waals surface area contributed by atoms with Crippen LogP contribution in [0.25, 0.3) is 0 Å². The maximum Gasteiger partial charge on any atom is 0.466 e. The minimum absolute atomic E-state index is 0. The number of aliphatic hydroxyl groups excluding tert-OH is 1. The van der Waals surface area contributed by atoms with Crippen LogP contribution in [0.15, 0.2) is 12.7 Å². The maximum atomic E-state index is 8.88. The van der Waals surface area contributed by atoms with Crippen LogP contribution in [0.5, 0.6) is 0 Å². The second kappa shape index (κ2) is 10.8. The monoisotopic (exact) mass is 231 g/mol. The Kier molecular flexibility index (Phi) is 14.9. The average molecular weight is 231 g/mol. The van der Waals surface area contributed by atoms with Crippen molar-refractivity contribution in [1.29, 1.82) is 0 Å². The molecule has 0 heterocycles. The van der Waals surface area contributed by atoms with E-state index in [0.717, 1.165) is 0 Å². The molecule has 0 saturated carbocycles. The highest BCUT2D eigenvalue weighted by molar-refractivity contribution is 7.45. The molecule has 0 fully saturated rings. The van der Waals surface area contributed by atoms with Gasteiger partial charge in [0.15, 0.2) is 6.29 Å². The third-order valence-electron chi connectivity index (χ3n) is 0.756. The highest BCUT2D eigenvalue weighted by Crippen LogP contribution is 2.25. The summed E-state index contributed by atoms with van der Waals surface area (Å²) in [6.07, 6.45) is 1.63. The molecule has 0 aliphatic carbocycles. The molecule has 0 amide bonds. The molecule has 1 atom stereocenters. The van der Waals surface area contributed by atoms with Gasteiger partial charge < -0.3 is 30.7 Å². The summed E-state index contributed by atoms with van der Waals surface area (Å²) in [7, 11) is -4.64. The molecule has 0 spiro atoms. The fraction of sp³-hybridized carbons (Fsp3) is 0.667. The highest BCUT2D eigenvalue weighted by atomic mass is 31.2. The largest absolute Gasteiger partial charge is 0.466 e. The molecule has 88 valence electrons. The summed E-state index contributed by atoms with van der Waals surface area (Å²) in [4.78, 5) is 21.6. The molecule has 0 aromatic rings. The van der Waals surface area contributed by atoms with Crippen LogP contribution in [0.3, 0.4) is 0 Å². The van der Waals surface area contributed by atoms with E-state index in [0.29, 0.717) is 13.0 Å². The van der Waals surface area contributed by atoms with Crippen LogP contribution < -0.4 is 6.15 Å². The van der Waals surface area contributed by atoms with Gasteiger partial charge in [-0.15, -0.1) is 6.58 Å². The van der Waals surface area contributed by atoms with E-state index >= 15 is 0 Å². The number of rotatable bonds is 4. The van der Waals surface area contributed by atoms with Gasteiger partial charge in [-0.3, -0.25) is 0 Å². The number of hydrogen-bond acceptors (Lipinski definition) is 4.